The number of benzene rings is 1. The summed E-state index contributed by atoms with van der Waals surface area (Å²) in [7, 11) is 0. The lowest BCUT2D eigenvalue weighted by molar-refractivity contribution is 0.657. The van der Waals surface area contributed by atoms with Gasteiger partial charge in [0.2, 0.25) is 0 Å². The van der Waals surface area contributed by atoms with E-state index in [1.165, 1.54) is 5.56 Å². The summed E-state index contributed by atoms with van der Waals surface area (Å²) in [5.74, 6) is 0. The summed E-state index contributed by atoms with van der Waals surface area (Å²) in [6, 6.07) is 8.14. The Labute approximate surface area is 103 Å². The smallest absolute Gasteiger partial charge is 0.0826 e. The zero-order valence-electron chi connectivity index (χ0n) is 9.37. The Morgan fingerprint density at radius 1 is 1.31 bits per heavy atom. The predicted octanol–water partition coefficient (Wildman–Crippen LogP) is 2.89. The van der Waals surface area contributed by atoms with E-state index in [0.29, 0.717) is 0 Å². The molecule has 0 radical (unpaired) electrons. The molecule has 0 amide bonds. The van der Waals surface area contributed by atoms with Gasteiger partial charge in [-0.3, -0.25) is 4.68 Å². The Balaban J connectivity index is 2.34. The Morgan fingerprint density at radius 2 is 2.00 bits per heavy atom. The standard InChI is InChI=1S/C12H14BrN3/c1-8-12(14)9(2)16(15-8)7-10-5-3-4-6-11(10)13/h3-6H,7,14H2,1-2H3. The molecule has 1 heterocycles. The Bertz CT molecular complexity index is 517. The first-order chi connectivity index (χ1) is 7.59. The first-order valence-corrected chi connectivity index (χ1v) is 5.92. The predicted molar refractivity (Wildman–Crippen MR) is 69.4 cm³/mol. The summed E-state index contributed by atoms with van der Waals surface area (Å²) in [5.41, 5.74) is 9.80. The number of anilines is 1. The van der Waals surface area contributed by atoms with E-state index in [9.17, 15) is 0 Å². The normalized spacial score (nSPS) is 10.7. The van der Waals surface area contributed by atoms with Crippen LogP contribution in [-0.4, -0.2) is 9.78 Å². The molecule has 0 bridgehead atoms. The minimum absolute atomic E-state index is 0.741. The molecule has 0 aliphatic carbocycles. The maximum atomic E-state index is 5.90. The maximum Gasteiger partial charge on any atom is 0.0826 e. The highest BCUT2D eigenvalue weighted by Crippen LogP contribution is 2.20. The largest absolute Gasteiger partial charge is 0.396 e. The SMILES string of the molecule is Cc1nn(Cc2ccccc2Br)c(C)c1N. The van der Waals surface area contributed by atoms with Gasteiger partial charge in [0.25, 0.3) is 0 Å². The van der Waals surface area contributed by atoms with E-state index in [-0.39, 0.29) is 0 Å². The van der Waals surface area contributed by atoms with Crippen molar-refractivity contribution in [2.75, 3.05) is 5.73 Å². The van der Waals surface area contributed by atoms with Crippen molar-refractivity contribution >= 4 is 21.6 Å². The van der Waals surface area contributed by atoms with Crippen LogP contribution in [0.3, 0.4) is 0 Å². The molecule has 0 spiro atoms. The molecule has 0 saturated heterocycles. The van der Waals surface area contributed by atoms with Crippen molar-refractivity contribution in [3.63, 3.8) is 0 Å². The van der Waals surface area contributed by atoms with Crippen LogP contribution in [0, 0.1) is 13.8 Å². The lowest BCUT2D eigenvalue weighted by atomic mass is 10.2. The number of hydrogen-bond donors (Lipinski definition) is 1. The third-order valence-corrected chi connectivity index (χ3v) is 3.49. The third-order valence-electron chi connectivity index (χ3n) is 2.72. The van der Waals surface area contributed by atoms with E-state index in [1.54, 1.807) is 0 Å². The fourth-order valence-electron chi connectivity index (χ4n) is 1.65. The van der Waals surface area contributed by atoms with Crippen molar-refractivity contribution in [3.05, 3.63) is 45.7 Å². The highest BCUT2D eigenvalue weighted by molar-refractivity contribution is 9.10. The lowest BCUT2D eigenvalue weighted by Crippen LogP contribution is -2.04. The molecule has 0 unspecified atom stereocenters. The molecule has 2 rings (SSSR count). The van der Waals surface area contributed by atoms with Gasteiger partial charge in [0.15, 0.2) is 0 Å². The number of nitrogens with two attached hydrogens (primary N) is 1. The first kappa shape index (κ1) is 11.2. The molecule has 3 nitrogen and oxygen atoms in total. The van der Waals surface area contributed by atoms with Gasteiger partial charge in [-0.2, -0.15) is 5.10 Å². The highest BCUT2D eigenvalue weighted by Gasteiger charge is 2.09. The lowest BCUT2D eigenvalue weighted by Gasteiger charge is -2.06. The summed E-state index contributed by atoms with van der Waals surface area (Å²) in [4.78, 5) is 0. The van der Waals surface area contributed by atoms with Gasteiger partial charge >= 0.3 is 0 Å². The minimum atomic E-state index is 0.741. The minimum Gasteiger partial charge on any atom is -0.396 e. The van der Waals surface area contributed by atoms with E-state index in [0.717, 1.165) is 28.1 Å². The summed E-state index contributed by atoms with van der Waals surface area (Å²) in [5, 5.41) is 4.42. The zero-order valence-corrected chi connectivity index (χ0v) is 11.0. The van der Waals surface area contributed by atoms with Gasteiger partial charge < -0.3 is 5.73 Å². The van der Waals surface area contributed by atoms with Gasteiger partial charge in [-0.1, -0.05) is 34.1 Å². The van der Waals surface area contributed by atoms with E-state index < -0.39 is 0 Å². The van der Waals surface area contributed by atoms with Crippen LogP contribution in [0.2, 0.25) is 0 Å². The van der Waals surface area contributed by atoms with Crippen LogP contribution in [0.4, 0.5) is 5.69 Å². The fourth-order valence-corrected chi connectivity index (χ4v) is 2.06. The molecule has 1 aromatic carbocycles. The molecule has 84 valence electrons. The number of nitrogen functional groups attached to an aromatic ring is 1. The Hall–Kier alpha value is -1.29. The molecule has 0 aliphatic rings. The fraction of sp³-hybridized carbons (Fsp3) is 0.250. The van der Waals surface area contributed by atoms with Crippen molar-refractivity contribution in [2.24, 2.45) is 0 Å². The third kappa shape index (κ3) is 1.97. The average molecular weight is 280 g/mol. The van der Waals surface area contributed by atoms with Gasteiger partial charge in [0.1, 0.15) is 0 Å². The van der Waals surface area contributed by atoms with Crippen LogP contribution < -0.4 is 5.73 Å². The van der Waals surface area contributed by atoms with Gasteiger partial charge in [0, 0.05) is 4.47 Å². The van der Waals surface area contributed by atoms with Gasteiger partial charge in [-0.25, -0.2) is 0 Å². The summed E-state index contributed by atoms with van der Waals surface area (Å²) < 4.78 is 3.03. The molecule has 0 aliphatic heterocycles. The molecular weight excluding hydrogens is 266 g/mol. The molecule has 0 saturated carbocycles. The number of rotatable bonds is 2. The number of aryl methyl sites for hydroxylation is 1. The second kappa shape index (κ2) is 4.29. The van der Waals surface area contributed by atoms with Crippen molar-refractivity contribution in [2.45, 2.75) is 20.4 Å². The first-order valence-electron chi connectivity index (χ1n) is 5.12. The van der Waals surface area contributed by atoms with Crippen LogP contribution >= 0.6 is 15.9 Å². The second-order valence-corrected chi connectivity index (χ2v) is 4.69. The van der Waals surface area contributed by atoms with Gasteiger partial charge in [0.05, 0.1) is 23.6 Å². The number of aromatic nitrogens is 2. The average Bonchev–Trinajstić information content (AvgIpc) is 2.50. The summed E-state index contributed by atoms with van der Waals surface area (Å²) >= 11 is 3.53. The molecule has 16 heavy (non-hydrogen) atoms. The van der Waals surface area contributed by atoms with Crippen LogP contribution in [0.1, 0.15) is 17.0 Å². The summed E-state index contributed by atoms with van der Waals surface area (Å²) in [6.45, 7) is 4.66. The van der Waals surface area contributed by atoms with Gasteiger partial charge in [-0.15, -0.1) is 0 Å². The molecule has 2 aromatic rings. The Kier molecular flexibility index (Phi) is 3.01. The zero-order chi connectivity index (χ0) is 11.7. The number of nitrogens with zero attached hydrogens (tertiary/aromatic N) is 2. The Morgan fingerprint density at radius 3 is 2.56 bits per heavy atom. The molecule has 0 fully saturated rings. The van der Waals surface area contributed by atoms with Crippen LogP contribution in [0.15, 0.2) is 28.7 Å². The van der Waals surface area contributed by atoms with E-state index >= 15 is 0 Å². The summed E-state index contributed by atoms with van der Waals surface area (Å²) in [6.07, 6.45) is 0. The quantitative estimate of drug-likeness (QED) is 0.919. The molecule has 2 N–H and O–H groups in total. The molecule has 0 atom stereocenters. The second-order valence-electron chi connectivity index (χ2n) is 3.83. The highest BCUT2D eigenvalue weighted by atomic mass is 79.9. The number of halogens is 1. The van der Waals surface area contributed by atoms with E-state index in [2.05, 4.69) is 27.1 Å². The topological polar surface area (TPSA) is 43.8 Å². The van der Waals surface area contributed by atoms with E-state index in [4.69, 9.17) is 5.73 Å². The van der Waals surface area contributed by atoms with Crippen molar-refractivity contribution in [1.82, 2.24) is 9.78 Å². The van der Waals surface area contributed by atoms with Crippen LogP contribution in [0.5, 0.6) is 0 Å². The maximum absolute atomic E-state index is 5.90. The van der Waals surface area contributed by atoms with Crippen molar-refractivity contribution in [3.8, 4) is 0 Å². The van der Waals surface area contributed by atoms with E-state index in [1.807, 2.05) is 36.7 Å². The molecular formula is C12H14BrN3. The molecule has 1 aromatic heterocycles. The van der Waals surface area contributed by atoms with Crippen LogP contribution in [0.25, 0.3) is 0 Å². The number of hydrogen-bond acceptors (Lipinski definition) is 2. The van der Waals surface area contributed by atoms with Crippen molar-refractivity contribution in [1.29, 1.82) is 0 Å². The van der Waals surface area contributed by atoms with Gasteiger partial charge in [-0.05, 0) is 25.5 Å². The molecule has 4 heteroatoms. The monoisotopic (exact) mass is 279 g/mol. The van der Waals surface area contributed by atoms with Crippen molar-refractivity contribution < 1.29 is 0 Å². The van der Waals surface area contributed by atoms with Crippen LogP contribution in [-0.2, 0) is 6.54 Å².